The lowest BCUT2D eigenvalue weighted by Gasteiger charge is -2.30. The zero-order valence-electron chi connectivity index (χ0n) is 28.1. The maximum atomic E-state index is 13.1. The van der Waals surface area contributed by atoms with E-state index >= 15 is 0 Å². The van der Waals surface area contributed by atoms with Crippen molar-refractivity contribution in [3.8, 4) is 5.75 Å². The predicted molar refractivity (Wildman–Crippen MR) is 192 cm³/mol. The molecule has 48 heavy (non-hydrogen) atoms. The summed E-state index contributed by atoms with van der Waals surface area (Å²) in [5.74, 6) is 1.31. The minimum atomic E-state index is -4.00. The van der Waals surface area contributed by atoms with Gasteiger partial charge in [0.15, 0.2) is 0 Å². The molecule has 4 N–H and O–H groups in total. The van der Waals surface area contributed by atoms with Crippen molar-refractivity contribution in [1.82, 2.24) is 15.0 Å². The van der Waals surface area contributed by atoms with Gasteiger partial charge in [-0.1, -0.05) is 45.4 Å². The molecule has 0 unspecified atom stereocenters. The topological polar surface area (TPSA) is 153 Å². The third-order valence-electron chi connectivity index (χ3n) is 8.84. The van der Waals surface area contributed by atoms with Crippen LogP contribution < -0.4 is 25.2 Å². The summed E-state index contributed by atoms with van der Waals surface area (Å²) in [4.78, 5) is 30.9. The lowest BCUT2D eigenvalue weighted by molar-refractivity contribution is -0.116. The number of carbonyl (C=O) groups is 1. The average molecular weight is 679 g/mol. The number of benzene rings is 2. The Kier molecular flexibility index (Phi) is 12.7. The Labute approximate surface area is 284 Å². The van der Waals surface area contributed by atoms with Gasteiger partial charge in [-0.3, -0.25) is 9.52 Å². The normalized spacial score (nSPS) is 15.3. The van der Waals surface area contributed by atoms with E-state index in [1.165, 1.54) is 62.8 Å². The fourth-order valence-corrected chi connectivity index (χ4v) is 7.17. The molecular weight excluding hydrogens is 629 g/mol. The summed E-state index contributed by atoms with van der Waals surface area (Å²) in [5, 5.41) is 16.8. The number of hydrogen-bond donors (Lipinski definition) is 4. The molecule has 0 atom stereocenters. The van der Waals surface area contributed by atoms with Gasteiger partial charge < -0.3 is 25.5 Å². The van der Waals surface area contributed by atoms with E-state index in [-0.39, 0.29) is 22.2 Å². The maximum Gasteiger partial charge on any atom is 0.262 e. The van der Waals surface area contributed by atoms with Crippen LogP contribution in [0.15, 0.2) is 47.4 Å². The number of piperidine rings is 2. The molecule has 2 saturated heterocycles. The van der Waals surface area contributed by atoms with Gasteiger partial charge in [-0.2, -0.15) is 15.0 Å². The summed E-state index contributed by atoms with van der Waals surface area (Å²) < 4.78 is 28.8. The van der Waals surface area contributed by atoms with Crippen molar-refractivity contribution in [2.45, 2.75) is 102 Å². The summed E-state index contributed by atoms with van der Waals surface area (Å²) in [6.07, 6.45) is 15.1. The number of sulfonamides is 1. The second-order valence-corrected chi connectivity index (χ2v) is 14.4. The van der Waals surface area contributed by atoms with Gasteiger partial charge in [-0.05, 0) is 81.3 Å². The highest BCUT2D eigenvalue weighted by Crippen LogP contribution is 2.31. The number of carbonyl (C=O) groups excluding carboxylic acids is 1. The number of phenols is 1. The molecule has 0 saturated carbocycles. The van der Waals surface area contributed by atoms with E-state index in [1.54, 1.807) is 18.2 Å². The van der Waals surface area contributed by atoms with Crippen LogP contribution in [0.1, 0.15) is 96.8 Å². The Morgan fingerprint density at radius 1 is 0.750 bits per heavy atom. The summed E-state index contributed by atoms with van der Waals surface area (Å²) in [6, 6.07) is 10.6. The highest BCUT2D eigenvalue weighted by Gasteiger charge is 2.21. The van der Waals surface area contributed by atoms with Crippen LogP contribution >= 0.6 is 0 Å². The smallest absolute Gasteiger partial charge is 0.262 e. The Hall–Kier alpha value is -4.13. The van der Waals surface area contributed by atoms with Gasteiger partial charge in [0.1, 0.15) is 5.75 Å². The highest BCUT2D eigenvalue weighted by atomic mass is 32.2. The van der Waals surface area contributed by atoms with Crippen LogP contribution in [0, 0.1) is 0 Å². The van der Waals surface area contributed by atoms with Crippen LogP contribution in [-0.4, -0.2) is 60.6 Å². The fourth-order valence-electron chi connectivity index (χ4n) is 6.09. The highest BCUT2D eigenvalue weighted by molar-refractivity contribution is 7.92. The molecule has 12 nitrogen and oxygen atoms in total. The molecule has 3 heterocycles. The number of anilines is 6. The van der Waals surface area contributed by atoms with Crippen LogP contribution in [0.5, 0.6) is 5.75 Å². The predicted octanol–water partition coefficient (Wildman–Crippen LogP) is 7.18. The number of aromatic nitrogens is 3. The lowest BCUT2D eigenvalue weighted by atomic mass is 10.1. The Morgan fingerprint density at radius 3 is 1.90 bits per heavy atom. The molecule has 2 aromatic carbocycles. The Balaban J connectivity index is 1.19. The number of nitrogens with one attached hydrogen (secondary N) is 3. The van der Waals surface area contributed by atoms with Gasteiger partial charge in [-0.15, -0.1) is 0 Å². The van der Waals surface area contributed by atoms with E-state index in [4.69, 9.17) is 15.0 Å². The van der Waals surface area contributed by atoms with Crippen molar-refractivity contribution < 1.29 is 18.3 Å². The molecule has 260 valence electrons. The van der Waals surface area contributed by atoms with Crippen LogP contribution in [0.2, 0.25) is 0 Å². The number of unbranched alkanes of at least 4 members (excludes halogenated alkanes) is 6. The SMILES string of the molecule is CCCCCCCCCC(=O)Nc1ccc(S(=O)(=O)Nc2ccc(Nc3nc(N4CCCCC4)nc(N4CCCCC4)n3)cc2O)cc1. The van der Waals surface area contributed by atoms with Crippen LogP contribution in [0.25, 0.3) is 0 Å². The van der Waals surface area contributed by atoms with Crippen LogP contribution in [0.3, 0.4) is 0 Å². The number of aromatic hydroxyl groups is 1. The van der Waals surface area contributed by atoms with Crippen molar-refractivity contribution in [2.24, 2.45) is 0 Å². The van der Waals surface area contributed by atoms with Gasteiger partial charge in [0.25, 0.3) is 10.0 Å². The van der Waals surface area contributed by atoms with Gasteiger partial charge in [-0.25, -0.2) is 8.42 Å². The molecule has 2 aliphatic heterocycles. The Bertz CT molecular complexity index is 1550. The molecule has 1 aromatic heterocycles. The number of rotatable bonds is 16. The van der Waals surface area contributed by atoms with Gasteiger partial charge in [0, 0.05) is 50.0 Å². The summed E-state index contributed by atoms with van der Waals surface area (Å²) >= 11 is 0. The largest absolute Gasteiger partial charge is 0.506 e. The van der Waals surface area contributed by atoms with Gasteiger partial charge in [0.2, 0.25) is 23.8 Å². The third kappa shape index (κ3) is 10.2. The van der Waals surface area contributed by atoms with E-state index in [0.29, 0.717) is 35.6 Å². The molecule has 0 bridgehead atoms. The molecule has 5 rings (SSSR count). The number of phenolic OH excluding ortho intramolecular Hbond substituents is 1. The Morgan fingerprint density at radius 2 is 1.31 bits per heavy atom. The first-order chi connectivity index (χ1) is 23.3. The number of nitrogens with zero attached hydrogens (tertiary/aromatic N) is 5. The fraction of sp³-hybridized carbons (Fsp3) is 0.543. The first kappa shape index (κ1) is 35.2. The third-order valence-corrected chi connectivity index (χ3v) is 10.2. The van der Waals surface area contributed by atoms with Crippen molar-refractivity contribution >= 4 is 50.8 Å². The molecule has 0 radical (unpaired) electrons. The summed E-state index contributed by atoms with van der Waals surface area (Å²) in [6.45, 7) is 5.79. The summed E-state index contributed by atoms with van der Waals surface area (Å²) in [7, 11) is -4.00. The minimum absolute atomic E-state index is 0.00912. The first-order valence-electron chi connectivity index (χ1n) is 17.6. The molecule has 2 fully saturated rings. The van der Waals surface area contributed by atoms with Crippen LogP contribution in [0.4, 0.5) is 34.9 Å². The zero-order chi connectivity index (χ0) is 33.8. The van der Waals surface area contributed by atoms with E-state index in [2.05, 4.69) is 32.1 Å². The number of amides is 1. The maximum absolute atomic E-state index is 13.1. The minimum Gasteiger partial charge on any atom is -0.506 e. The molecule has 0 aliphatic carbocycles. The first-order valence-corrected chi connectivity index (χ1v) is 19.1. The molecule has 1 amide bonds. The zero-order valence-corrected chi connectivity index (χ0v) is 28.9. The summed E-state index contributed by atoms with van der Waals surface area (Å²) in [5.41, 5.74) is 1.07. The molecule has 2 aliphatic rings. The lowest BCUT2D eigenvalue weighted by Crippen LogP contribution is -2.34. The molecule has 0 spiro atoms. The van der Waals surface area contributed by atoms with Gasteiger partial charge >= 0.3 is 0 Å². The molecule has 13 heteroatoms. The van der Waals surface area contributed by atoms with E-state index in [0.717, 1.165) is 71.1 Å². The van der Waals surface area contributed by atoms with Crippen LogP contribution in [-0.2, 0) is 14.8 Å². The van der Waals surface area contributed by atoms with E-state index in [1.807, 2.05) is 0 Å². The van der Waals surface area contributed by atoms with Crippen molar-refractivity contribution in [3.05, 3.63) is 42.5 Å². The second-order valence-electron chi connectivity index (χ2n) is 12.8. The average Bonchev–Trinajstić information content (AvgIpc) is 3.10. The van der Waals surface area contributed by atoms with E-state index in [9.17, 15) is 18.3 Å². The van der Waals surface area contributed by atoms with Gasteiger partial charge in [0.05, 0.1) is 10.6 Å². The quantitative estimate of drug-likeness (QED) is 0.0905. The van der Waals surface area contributed by atoms with Crippen molar-refractivity contribution in [1.29, 1.82) is 0 Å². The van der Waals surface area contributed by atoms with E-state index < -0.39 is 10.0 Å². The van der Waals surface area contributed by atoms with Crippen molar-refractivity contribution in [2.75, 3.05) is 51.3 Å². The molecular formula is C35H50N8O4S. The van der Waals surface area contributed by atoms with Crippen molar-refractivity contribution in [3.63, 3.8) is 0 Å². The monoisotopic (exact) mass is 678 g/mol. The standard InChI is InChI=1S/C35H50N8O4S/c1-2-3-4-5-6-7-10-15-32(45)36-27-16-19-29(20-17-27)48(46,47)41-30-21-18-28(26-31(30)44)37-33-38-34(42-22-11-8-12-23-42)40-35(39-33)43-24-13-9-14-25-43/h16-21,26,41,44H,2-15,22-25H2,1H3,(H,36,45)(H,37,38,39,40). The molecule has 3 aromatic rings. The number of hydrogen-bond acceptors (Lipinski definition) is 10. The second kappa shape index (κ2) is 17.3.